The zero-order valence-electron chi connectivity index (χ0n) is 15.4. The number of hydrogen-bond donors (Lipinski definition) is 1. The quantitative estimate of drug-likeness (QED) is 0.604. The van der Waals surface area contributed by atoms with Crippen molar-refractivity contribution >= 4 is 22.5 Å². The molecule has 0 spiro atoms. The number of nitrogens with zero attached hydrogens (tertiary/aromatic N) is 6. The van der Waals surface area contributed by atoms with Crippen LogP contribution in [0.5, 0.6) is 0 Å². The molecule has 0 aliphatic heterocycles. The van der Waals surface area contributed by atoms with Gasteiger partial charge in [0.15, 0.2) is 5.65 Å². The molecular formula is C20H21N7. The van der Waals surface area contributed by atoms with Gasteiger partial charge in [0.2, 0.25) is 5.95 Å². The van der Waals surface area contributed by atoms with Crippen LogP contribution in [-0.2, 0) is 0 Å². The Morgan fingerprint density at radius 1 is 1.11 bits per heavy atom. The van der Waals surface area contributed by atoms with Gasteiger partial charge in [-0.2, -0.15) is 0 Å². The second-order valence-electron chi connectivity index (χ2n) is 7.35. The molecule has 27 heavy (non-hydrogen) atoms. The molecule has 0 unspecified atom stereocenters. The van der Waals surface area contributed by atoms with Crippen molar-refractivity contribution in [3.63, 3.8) is 0 Å². The van der Waals surface area contributed by atoms with Crippen molar-refractivity contribution in [2.24, 2.45) is 0 Å². The van der Waals surface area contributed by atoms with E-state index in [0.717, 1.165) is 40.5 Å². The maximum atomic E-state index is 4.62. The summed E-state index contributed by atoms with van der Waals surface area (Å²) in [5, 5.41) is 9.08. The van der Waals surface area contributed by atoms with Crippen LogP contribution in [0.2, 0.25) is 0 Å². The number of rotatable bonds is 4. The van der Waals surface area contributed by atoms with Crippen molar-refractivity contribution < 1.29 is 0 Å². The molecule has 1 aliphatic carbocycles. The normalized spacial score (nSPS) is 19.5. The highest BCUT2D eigenvalue weighted by atomic mass is 15.3. The van der Waals surface area contributed by atoms with Gasteiger partial charge in [0.05, 0.1) is 11.7 Å². The Morgan fingerprint density at radius 2 is 2.00 bits per heavy atom. The largest absolute Gasteiger partial charge is 0.350 e. The minimum Gasteiger partial charge on any atom is -0.350 e. The lowest BCUT2D eigenvalue weighted by Gasteiger charge is -2.39. The van der Waals surface area contributed by atoms with Crippen LogP contribution >= 0.6 is 0 Å². The van der Waals surface area contributed by atoms with Crippen molar-refractivity contribution in [2.45, 2.75) is 24.9 Å². The van der Waals surface area contributed by atoms with Crippen LogP contribution < -0.4 is 5.32 Å². The van der Waals surface area contributed by atoms with E-state index in [1.165, 1.54) is 0 Å². The monoisotopic (exact) mass is 359 g/mol. The van der Waals surface area contributed by atoms with Gasteiger partial charge in [-0.05, 0) is 51.2 Å². The van der Waals surface area contributed by atoms with E-state index in [4.69, 9.17) is 0 Å². The molecule has 7 nitrogen and oxygen atoms in total. The highest BCUT2D eigenvalue weighted by Gasteiger charge is 2.30. The number of aromatic nitrogens is 5. The first-order valence-electron chi connectivity index (χ1n) is 9.16. The van der Waals surface area contributed by atoms with Gasteiger partial charge in [-0.3, -0.25) is 0 Å². The summed E-state index contributed by atoms with van der Waals surface area (Å²) in [7, 11) is 4.25. The first-order valence-corrected chi connectivity index (χ1v) is 9.16. The number of fused-ring (bicyclic) bond motifs is 2. The smallest absolute Gasteiger partial charge is 0.241 e. The Hall–Kier alpha value is -3.06. The van der Waals surface area contributed by atoms with E-state index in [1.807, 2.05) is 35.2 Å². The zero-order valence-corrected chi connectivity index (χ0v) is 15.4. The van der Waals surface area contributed by atoms with E-state index in [0.29, 0.717) is 18.0 Å². The van der Waals surface area contributed by atoms with Gasteiger partial charge in [0.25, 0.3) is 0 Å². The van der Waals surface area contributed by atoms with Gasteiger partial charge in [-0.15, -0.1) is 5.10 Å². The van der Waals surface area contributed by atoms with Crippen molar-refractivity contribution in [1.29, 1.82) is 0 Å². The molecule has 136 valence electrons. The van der Waals surface area contributed by atoms with E-state index >= 15 is 0 Å². The molecule has 1 N–H and O–H groups in total. The van der Waals surface area contributed by atoms with Crippen LogP contribution in [0, 0.1) is 0 Å². The van der Waals surface area contributed by atoms with Crippen molar-refractivity contribution in [1.82, 2.24) is 29.5 Å². The molecule has 4 aromatic rings. The average molecular weight is 359 g/mol. The summed E-state index contributed by atoms with van der Waals surface area (Å²) < 4.78 is 1.88. The predicted octanol–water partition coefficient (Wildman–Crippen LogP) is 2.84. The molecule has 4 heterocycles. The Kier molecular flexibility index (Phi) is 3.75. The summed E-state index contributed by atoms with van der Waals surface area (Å²) >= 11 is 0. The topological polar surface area (TPSA) is 71.2 Å². The molecule has 5 rings (SSSR count). The van der Waals surface area contributed by atoms with Crippen LogP contribution in [-0.4, -0.2) is 55.6 Å². The molecule has 1 aliphatic rings. The molecule has 1 fully saturated rings. The van der Waals surface area contributed by atoms with Crippen molar-refractivity contribution in [3.05, 3.63) is 49.1 Å². The van der Waals surface area contributed by atoms with Gasteiger partial charge in [-0.25, -0.2) is 19.5 Å². The van der Waals surface area contributed by atoms with E-state index < -0.39 is 0 Å². The molecule has 7 heteroatoms. The summed E-state index contributed by atoms with van der Waals surface area (Å²) in [4.78, 5) is 15.5. The van der Waals surface area contributed by atoms with Crippen LogP contribution in [0.15, 0.2) is 49.1 Å². The van der Waals surface area contributed by atoms with Crippen LogP contribution in [0.3, 0.4) is 0 Å². The van der Waals surface area contributed by atoms with Crippen molar-refractivity contribution in [2.75, 3.05) is 19.4 Å². The SMILES string of the molecule is CN(C)[C@H]1C[C@H](Nc2ncc3c(-c4cnc5ncccc5c4)ccn3n2)C1. The van der Waals surface area contributed by atoms with Gasteiger partial charge in [0, 0.05) is 47.2 Å². The van der Waals surface area contributed by atoms with Gasteiger partial charge in [-0.1, -0.05) is 0 Å². The van der Waals surface area contributed by atoms with Crippen LogP contribution in [0.25, 0.3) is 27.7 Å². The molecule has 0 bridgehead atoms. The molecular weight excluding hydrogens is 338 g/mol. The molecule has 0 radical (unpaired) electrons. The lowest BCUT2D eigenvalue weighted by molar-refractivity contribution is 0.177. The van der Waals surface area contributed by atoms with E-state index in [9.17, 15) is 0 Å². The predicted molar refractivity (Wildman–Crippen MR) is 106 cm³/mol. The zero-order chi connectivity index (χ0) is 18.4. The van der Waals surface area contributed by atoms with Crippen LogP contribution in [0.4, 0.5) is 5.95 Å². The molecule has 4 aromatic heterocycles. The third kappa shape index (κ3) is 2.90. The second-order valence-corrected chi connectivity index (χ2v) is 7.35. The standard InChI is InChI=1S/C20H21N7/c1-26(2)16-9-15(10-16)24-20-23-12-18-17(5-7-27(18)25-20)14-8-13-4-3-6-21-19(13)22-11-14/h3-8,11-12,15-16H,9-10H2,1-2H3,(H,24,25)/t15-,16-. The van der Waals surface area contributed by atoms with Gasteiger partial charge >= 0.3 is 0 Å². The van der Waals surface area contributed by atoms with E-state index in [1.54, 1.807) is 6.20 Å². The fourth-order valence-electron chi connectivity index (χ4n) is 3.63. The fraction of sp³-hybridized carbons (Fsp3) is 0.300. The van der Waals surface area contributed by atoms with E-state index in [2.05, 4.69) is 56.5 Å². The summed E-state index contributed by atoms with van der Waals surface area (Å²) in [6, 6.07) is 9.20. The third-order valence-electron chi connectivity index (χ3n) is 5.36. The lowest BCUT2D eigenvalue weighted by Crippen LogP contribution is -2.47. The first kappa shape index (κ1) is 16.1. The van der Waals surface area contributed by atoms with Gasteiger partial charge in [0.1, 0.15) is 0 Å². The maximum absolute atomic E-state index is 4.62. The number of anilines is 1. The van der Waals surface area contributed by atoms with E-state index in [-0.39, 0.29) is 0 Å². The number of pyridine rings is 2. The number of nitrogens with one attached hydrogen (secondary N) is 1. The highest BCUT2D eigenvalue weighted by molar-refractivity contribution is 5.86. The molecule has 0 atom stereocenters. The summed E-state index contributed by atoms with van der Waals surface area (Å²) in [6.45, 7) is 0. The minimum absolute atomic E-state index is 0.446. The Bertz CT molecular complexity index is 1110. The summed E-state index contributed by atoms with van der Waals surface area (Å²) in [5.41, 5.74) is 3.82. The average Bonchev–Trinajstić information content (AvgIpc) is 3.07. The Morgan fingerprint density at radius 3 is 2.85 bits per heavy atom. The molecule has 0 amide bonds. The molecule has 0 saturated heterocycles. The lowest BCUT2D eigenvalue weighted by atomic mass is 9.86. The van der Waals surface area contributed by atoms with Gasteiger partial charge < -0.3 is 10.2 Å². The molecule has 0 aromatic carbocycles. The summed E-state index contributed by atoms with van der Waals surface area (Å²) in [6.07, 6.45) is 9.71. The summed E-state index contributed by atoms with van der Waals surface area (Å²) in [5.74, 6) is 0.674. The first-order chi connectivity index (χ1) is 13.2. The van der Waals surface area contributed by atoms with Crippen molar-refractivity contribution in [3.8, 4) is 11.1 Å². The highest BCUT2D eigenvalue weighted by Crippen LogP contribution is 2.28. The Balaban J connectivity index is 1.41. The van der Waals surface area contributed by atoms with Crippen LogP contribution in [0.1, 0.15) is 12.8 Å². The minimum atomic E-state index is 0.446. The number of hydrogen-bond acceptors (Lipinski definition) is 6. The second kappa shape index (κ2) is 6.28. The fourth-order valence-corrected chi connectivity index (χ4v) is 3.63. The Labute approximate surface area is 157 Å². The maximum Gasteiger partial charge on any atom is 0.241 e. The third-order valence-corrected chi connectivity index (χ3v) is 5.36. The molecule has 1 saturated carbocycles.